The molecule has 4 rings (SSSR count). The third kappa shape index (κ3) is 5.15. The number of hydrogen-bond donors (Lipinski definition) is 1. The second-order valence-corrected chi connectivity index (χ2v) is 7.66. The molecule has 9 heteroatoms. The molecular formula is C24H19F2N5OS. The molecule has 2 heterocycles. The van der Waals surface area contributed by atoms with E-state index in [-0.39, 0.29) is 0 Å². The number of halogens is 2. The first-order valence-corrected chi connectivity index (χ1v) is 10.9. The van der Waals surface area contributed by atoms with Crippen molar-refractivity contribution in [2.75, 3.05) is 18.3 Å². The van der Waals surface area contributed by atoms with Crippen molar-refractivity contribution in [2.24, 2.45) is 4.99 Å². The second kappa shape index (κ2) is 10.2. The van der Waals surface area contributed by atoms with Gasteiger partial charge in [0.15, 0.2) is 17.5 Å². The van der Waals surface area contributed by atoms with Gasteiger partial charge in [-0.3, -0.25) is 9.98 Å². The fraction of sp³-hybridized carbons (Fsp3) is 0.0833. The lowest BCUT2D eigenvalue weighted by Gasteiger charge is -2.11. The Kier molecular flexibility index (Phi) is 6.89. The first-order chi connectivity index (χ1) is 16.1. The molecule has 0 atom stereocenters. The molecule has 0 amide bonds. The minimum Gasteiger partial charge on any atom is -0.497 e. The molecule has 0 saturated heterocycles. The maximum absolute atomic E-state index is 13.6. The topological polar surface area (TPSA) is 72.3 Å². The molecule has 33 heavy (non-hydrogen) atoms. The Labute approximate surface area is 193 Å². The van der Waals surface area contributed by atoms with E-state index in [1.807, 2.05) is 30.3 Å². The highest BCUT2D eigenvalue weighted by atomic mass is 32.2. The third-order valence-corrected chi connectivity index (χ3v) is 5.43. The first kappa shape index (κ1) is 22.3. The summed E-state index contributed by atoms with van der Waals surface area (Å²) < 4.78 is 32.1. The number of anilines is 1. The van der Waals surface area contributed by atoms with E-state index in [1.54, 1.807) is 24.9 Å². The van der Waals surface area contributed by atoms with E-state index in [0.29, 0.717) is 34.5 Å². The maximum Gasteiger partial charge on any atom is 0.163 e. The summed E-state index contributed by atoms with van der Waals surface area (Å²) in [6.07, 6.45) is 3.39. The molecule has 0 aliphatic rings. The Morgan fingerprint density at radius 2 is 2.03 bits per heavy atom. The molecule has 0 unspecified atom stereocenters. The van der Waals surface area contributed by atoms with Crippen molar-refractivity contribution in [2.45, 2.75) is 0 Å². The Morgan fingerprint density at radius 1 is 1.15 bits per heavy atom. The Bertz CT molecular complexity index is 1330. The van der Waals surface area contributed by atoms with E-state index >= 15 is 0 Å². The van der Waals surface area contributed by atoms with E-state index in [4.69, 9.17) is 4.74 Å². The lowest BCUT2D eigenvalue weighted by Crippen LogP contribution is -2.03. The van der Waals surface area contributed by atoms with Crippen molar-refractivity contribution >= 4 is 40.9 Å². The summed E-state index contributed by atoms with van der Waals surface area (Å²) in [4.78, 5) is 17.4. The summed E-state index contributed by atoms with van der Waals surface area (Å²) in [6.45, 7) is 3.52. The zero-order chi connectivity index (χ0) is 23.2. The van der Waals surface area contributed by atoms with Crippen LogP contribution in [-0.2, 0) is 0 Å². The highest BCUT2D eigenvalue weighted by molar-refractivity contribution is 8.02. The van der Waals surface area contributed by atoms with Crippen LogP contribution in [0.5, 0.6) is 5.75 Å². The number of aromatic nitrogens is 3. The molecule has 0 bridgehead atoms. The number of methoxy groups -OCH3 is 1. The van der Waals surface area contributed by atoms with Gasteiger partial charge >= 0.3 is 0 Å². The molecule has 2 aromatic heterocycles. The van der Waals surface area contributed by atoms with Gasteiger partial charge in [-0.15, -0.1) is 11.8 Å². The van der Waals surface area contributed by atoms with Crippen LogP contribution in [-0.4, -0.2) is 34.7 Å². The second-order valence-electron chi connectivity index (χ2n) is 6.80. The molecule has 0 aliphatic carbocycles. The number of ether oxygens (including phenoxy) is 1. The van der Waals surface area contributed by atoms with E-state index in [2.05, 4.69) is 32.0 Å². The number of fused-ring (bicyclic) bond motifs is 1. The van der Waals surface area contributed by atoms with Gasteiger partial charge in [0.25, 0.3) is 0 Å². The Balaban J connectivity index is 1.59. The van der Waals surface area contributed by atoms with Gasteiger partial charge in [0, 0.05) is 28.9 Å². The van der Waals surface area contributed by atoms with Gasteiger partial charge in [-0.05, 0) is 60.7 Å². The smallest absolute Gasteiger partial charge is 0.163 e. The normalized spacial score (nSPS) is 11.4. The maximum atomic E-state index is 13.6. The van der Waals surface area contributed by atoms with Gasteiger partial charge in [0.05, 0.1) is 24.2 Å². The van der Waals surface area contributed by atoms with Crippen LogP contribution in [0.1, 0.15) is 5.56 Å². The van der Waals surface area contributed by atoms with Crippen LogP contribution >= 0.6 is 11.8 Å². The van der Waals surface area contributed by atoms with E-state index in [1.165, 1.54) is 17.8 Å². The zero-order valence-corrected chi connectivity index (χ0v) is 18.4. The van der Waals surface area contributed by atoms with E-state index in [9.17, 15) is 8.78 Å². The van der Waals surface area contributed by atoms with Gasteiger partial charge in [-0.25, -0.2) is 18.7 Å². The van der Waals surface area contributed by atoms with Crippen LogP contribution in [0.15, 0.2) is 71.3 Å². The number of pyridine rings is 1. The van der Waals surface area contributed by atoms with Gasteiger partial charge in [0.2, 0.25) is 0 Å². The third-order valence-electron chi connectivity index (χ3n) is 4.73. The molecule has 1 N–H and O–H groups in total. The Morgan fingerprint density at radius 3 is 2.76 bits per heavy atom. The van der Waals surface area contributed by atoms with E-state index in [0.717, 1.165) is 28.6 Å². The van der Waals surface area contributed by atoms with Crippen molar-refractivity contribution in [3.63, 3.8) is 0 Å². The lowest BCUT2D eigenvalue weighted by atomic mass is 10.2. The van der Waals surface area contributed by atoms with Crippen molar-refractivity contribution in [3.05, 3.63) is 83.5 Å². The molecule has 0 aliphatic heterocycles. The van der Waals surface area contributed by atoms with Gasteiger partial charge in [-0.2, -0.15) is 0 Å². The average molecular weight is 464 g/mol. The zero-order valence-electron chi connectivity index (χ0n) is 17.6. The molecular weight excluding hydrogens is 444 g/mol. The standard InChI is InChI=1S/C24H19F2N5OS/c1-27-22(15-5-7-19(25)20(26)10-15)13-33-14-29-24-18-11-17(32-2)6-8-21(18)30-23(31-24)16-4-3-9-28-12-16/h3-13H,1,14H2,2H3,(H,29,30,31)/b22-13-. The van der Waals surface area contributed by atoms with Crippen molar-refractivity contribution in [3.8, 4) is 17.1 Å². The molecule has 166 valence electrons. The number of nitrogens with zero attached hydrogens (tertiary/aromatic N) is 4. The summed E-state index contributed by atoms with van der Waals surface area (Å²) in [6, 6.07) is 12.9. The number of benzene rings is 2. The molecule has 4 aromatic rings. The molecule has 0 fully saturated rings. The lowest BCUT2D eigenvalue weighted by molar-refractivity contribution is 0.415. The minimum atomic E-state index is -0.936. The number of nitrogens with one attached hydrogen (secondary N) is 1. The molecule has 0 spiro atoms. The predicted octanol–water partition coefficient (Wildman–Crippen LogP) is 5.78. The Hall–Kier alpha value is -3.85. The molecule has 0 saturated carbocycles. The monoisotopic (exact) mass is 463 g/mol. The van der Waals surface area contributed by atoms with Crippen LogP contribution in [0.4, 0.5) is 14.6 Å². The summed E-state index contributed by atoms with van der Waals surface area (Å²) in [5.74, 6) is 0.436. The van der Waals surface area contributed by atoms with Crippen LogP contribution in [0, 0.1) is 11.6 Å². The number of thioether (sulfide) groups is 1. The summed E-state index contributed by atoms with van der Waals surface area (Å²) in [5, 5.41) is 5.82. The van der Waals surface area contributed by atoms with Gasteiger partial charge in [-0.1, -0.05) is 0 Å². The quantitative estimate of drug-likeness (QED) is 0.203. The number of rotatable bonds is 8. The molecule has 2 aromatic carbocycles. The summed E-state index contributed by atoms with van der Waals surface area (Å²) >= 11 is 1.38. The fourth-order valence-corrected chi connectivity index (χ4v) is 3.75. The van der Waals surface area contributed by atoms with Gasteiger partial charge < -0.3 is 10.1 Å². The van der Waals surface area contributed by atoms with Crippen molar-refractivity contribution in [1.82, 2.24) is 15.0 Å². The molecule has 6 nitrogen and oxygen atoms in total. The predicted molar refractivity (Wildman–Crippen MR) is 129 cm³/mol. The fourth-order valence-electron chi connectivity index (χ4n) is 3.08. The van der Waals surface area contributed by atoms with Crippen molar-refractivity contribution in [1.29, 1.82) is 0 Å². The summed E-state index contributed by atoms with van der Waals surface area (Å²) in [5.41, 5.74) is 2.42. The van der Waals surface area contributed by atoms with Crippen LogP contribution < -0.4 is 10.1 Å². The largest absolute Gasteiger partial charge is 0.497 e. The van der Waals surface area contributed by atoms with Crippen molar-refractivity contribution < 1.29 is 13.5 Å². The van der Waals surface area contributed by atoms with Crippen LogP contribution in [0.3, 0.4) is 0 Å². The van der Waals surface area contributed by atoms with Gasteiger partial charge in [0.1, 0.15) is 11.6 Å². The minimum absolute atomic E-state index is 0.429. The highest BCUT2D eigenvalue weighted by Gasteiger charge is 2.11. The average Bonchev–Trinajstić information content (AvgIpc) is 2.86. The number of aliphatic imine (C=N–C) groups is 1. The highest BCUT2D eigenvalue weighted by Crippen LogP contribution is 2.29. The molecule has 0 radical (unpaired) electrons. The van der Waals surface area contributed by atoms with Crippen LogP contribution in [0.25, 0.3) is 28.0 Å². The van der Waals surface area contributed by atoms with Crippen LogP contribution in [0.2, 0.25) is 0 Å². The number of hydrogen-bond acceptors (Lipinski definition) is 7. The first-order valence-electron chi connectivity index (χ1n) is 9.83. The summed E-state index contributed by atoms with van der Waals surface area (Å²) in [7, 11) is 1.60. The van der Waals surface area contributed by atoms with E-state index < -0.39 is 11.6 Å². The SMILES string of the molecule is C=N/C(=C\SCNc1nc(-c2cccnc2)nc2ccc(OC)cc12)c1ccc(F)c(F)c1.